The smallest absolute Gasteiger partial charge is 0.251 e. The summed E-state index contributed by atoms with van der Waals surface area (Å²) >= 11 is 0. The summed E-state index contributed by atoms with van der Waals surface area (Å²) in [6, 6.07) is 25.1. The van der Waals surface area contributed by atoms with Crippen LogP contribution in [0.4, 0.5) is 0 Å². The van der Waals surface area contributed by atoms with E-state index in [0.29, 0.717) is 28.5 Å². The molecule has 0 bridgehead atoms. The number of carbonyl (C=O) groups excluding carboxylic acids is 1. The number of carbonyl (C=O) groups is 1. The van der Waals surface area contributed by atoms with Crippen LogP contribution in [-0.4, -0.2) is 25.3 Å². The van der Waals surface area contributed by atoms with Gasteiger partial charge in [0.25, 0.3) is 5.91 Å². The van der Waals surface area contributed by atoms with Gasteiger partial charge in [0.15, 0.2) is 17.3 Å². The zero-order chi connectivity index (χ0) is 21.6. The first-order valence-electron chi connectivity index (χ1n) is 9.79. The molecule has 1 aromatic heterocycles. The van der Waals surface area contributed by atoms with Gasteiger partial charge in [0, 0.05) is 17.2 Å². The highest BCUT2D eigenvalue weighted by molar-refractivity contribution is 5.94. The lowest BCUT2D eigenvalue weighted by atomic mass is 10.0. The maximum absolute atomic E-state index is 12.5. The zero-order valence-electron chi connectivity index (χ0n) is 17.3. The van der Waals surface area contributed by atoms with Gasteiger partial charge in [0.1, 0.15) is 5.69 Å². The number of hydrogen-bond acceptors (Lipinski definition) is 5. The van der Waals surface area contributed by atoms with E-state index in [2.05, 4.69) is 22.6 Å². The second-order valence-electron chi connectivity index (χ2n) is 6.88. The topological polar surface area (TPSA) is 73.6 Å². The minimum absolute atomic E-state index is 0.238. The maximum Gasteiger partial charge on any atom is 0.251 e. The SMILES string of the molecule is COc1ccc(C(=O)NCc2cc(-c3ccc(-c4ccccc4)cc3)on2)cc1OC. The minimum atomic E-state index is -0.238. The van der Waals surface area contributed by atoms with E-state index in [1.165, 1.54) is 7.11 Å². The van der Waals surface area contributed by atoms with Crippen LogP contribution in [0.3, 0.4) is 0 Å². The van der Waals surface area contributed by atoms with Gasteiger partial charge in [-0.1, -0.05) is 59.8 Å². The quantitative estimate of drug-likeness (QED) is 0.463. The van der Waals surface area contributed by atoms with Crippen LogP contribution < -0.4 is 14.8 Å². The highest BCUT2D eigenvalue weighted by Gasteiger charge is 2.12. The molecule has 0 saturated heterocycles. The molecule has 156 valence electrons. The van der Waals surface area contributed by atoms with Crippen LogP contribution in [0, 0.1) is 0 Å². The minimum Gasteiger partial charge on any atom is -0.493 e. The fourth-order valence-electron chi connectivity index (χ4n) is 3.24. The first kappa shape index (κ1) is 20.2. The lowest BCUT2D eigenvalue weighted by Crippen LogP contribution is -2.22. The van der Waals surface area contributed by atoms with E-state index in [1.807, 2.05) is 48.5 Å². The van der Waals surface area contributed by atoms with E-state index in [4.69, 9.17) is 14.0 Å². The van der Waals surface area contributed by atoms with Crippen molar-refractivity contribution in [3.63, 3.8) is 0 Å². The van der Waals surface area contributed by atoms with Crippen LogP contribution >= 0.6 is 0 Å². The Labute approximate surface area is 180 Å². The summed E-state index contributed by atoms with van der Waals surface area (Å²) in [5.41, 5.74) is 4.31. The van der Waals surface area contributed by atoms with Crippen LogP contribution in [0.15, 0.2) is 83.4 Å². The number of amides is 1. The van der Waals surface area contributed by atoms with Crippen LogP contribution in [-0.2, 0) is 6.54 Å². The van der Waals surface area contributed by atoms with Crippen molar-refractivity contribution in [3.8, 4) is 33.9 Å². The molecule has 4 aromatic rings. The number of nitrogens with one attached hydrogen (secondary N) is 1. The summed E-state index contributed by atoms with van der Waals surface area (Å²) in [4.78, 5) is 12.5. The fraction of sp³-hybridized carbons (Fsp3) is 0.120. The predicted octanol–water partition coefficient (Wildman–Crippen LogP) is 4.96. The molecule has 0 atom stereocenters. The molecule has 6 heteroatoms. The molecule has 1 amide bonds. The van der Waals surface area contributed by atoms with Crippen molar-refractivity contribution in [1.29, 1.82) is 0 Å². The number of rotatable bonds is 7. The van der Waals surface area contributed by atoms with Gasteiger partial charge in [-0.15, -0.1) is 0 Å². The number of nitrogens with zero attached hydrogens (tertiary/aromatic N) is 1. The summed E-state index contributed by atoms with van der Waals surface area (Å²) in [6.45, 7) is 0.249. The maximum atomic E-state index is 12.5. The molecule has 4 rings (SSSR count). The van der Waals surface area contributed by atoms with Crippen molar-refractivity contribution in [2.24, 2.45) is 0 Å². The molecule has 0 aliphatic heterocycles. The molecule has 0 saturated carbocycles. The first-order valence-corrected chi connectivity index (χ1v) is 9.79. The molecule has 1 N–H and O–H groups in total. The van der Waals surface area contributed by atoms with Crippen LogP contribution in [0.1, 0.15) is 16.1 Å². The fourth-order valence-corrected chi connectivity index (χ4v) is 3.24. The lowest BCUT2D eigenvalue weighted by Gasteiger charge is -2.09. The number of methoxy groups -OCH3 is 2. The summed E-state index contributed by atoms with van der Waals surface area (Å²) in [5, 5.41) is 6.91. The average molecular weight is 414 g/mol. The van der Waals surface area contributed by atoms with E-state index >= 15 is 0 Å². The summed E-state index contributed by atoms with van der Waals surface area (Å²) in [7, 11) is 3.08. The van der Waals surface area contributed by atoms with Crippen molar-refractivity contribution in [2.75, 3.05) is 14.2 Å². The Morgan fingerprint density at radius 3 is 2.23 bits per heavy atom. The number of benzene rings is 3. The third-order valence-corrected chi connectivity index (χ3v) is 4.91. The van der Waals surface area contributed by atoms with Crippen LogP contribution in [0.2, 0.25) is 0 Å². The molecular weight excluding hydrogens is 392 g/mol. The first-order chi connectivity index (χ1) is 15.2. The van der Waals surface area contributed by atoms with Crippen molar-refractivity contribution in [3.05, 3.63) is 90.1 Å². The van der Waals surface area contributed by atoms with E-state index in [-0.39, 0.29) is 12.5 Å². The second-order valence-corrected chi connectivity index (χ2v) is 6.88. The van der Waals surface area contributed by atoms with Gasteiger partial charge in [-0.3, -0.25) is 4.79 Å². The van der Waals surface area contributed by atoms with Crippen molar-refractivity contribution in [2.45, 2.75) is 6.54 Å². The highest BCUT2D eigenvalue weighted by Crippen LogP contribution is 2.28. The molecule has 0 aliphatic carbocycles. The molecule has 3 aromatic carbocycles. The normalized spacial score (nSPS) is 10.5. The Kier molecular flexibility index (Phi) is 5.98. The monoisotopic (exact) mass is 414 g/mol. The van der Waals surface area contributed by atoms with Gasteiger partial charge in [-0.2, -0.15) is 0 Å². The summed E-state index contributed by atoms with van der Waals surface area (Å²) < 4.78 is 15.9. The van der Waals surface area contributed by atoms with Gasteiger partial charge in [-0.05, 0) is 29.3 Å². The Balaban J connectivity index is 1.41. The van der Waals surface area contributed by atoms with E-state index < -0.39 is 0 Å². The van der Waals surface area contributed by atoms with Crippen LogP contribution in [0.25, 0.3) is 22.5 Å². The molecule has 0 fully saturated rings. The molecule has 0 radical (unpaired) electrons. The predicted molar refractivity (Wildman–Crippen MR) is 118 cm³/mol. The number of ether oxygens (including phenoxy) is 2. The van der Waals surface area contributed by atoms with E-state index in [1.54, 1.807) is 25.3 Å². The van der Waals surface area contributed by atoms with Crippen LogP contribution in [0.5, 0.6) is 11.5 Å². The van der Waals surface area contributed by atoms with Gasteiger partial charge >= 0.3 is 0 Å². The third-order valence-electron chi connectivity index (χ3n) is 4.91. The second kappa shape index (κ2) is 9.17. The van der Waals surface area contributed by atoms with Crippen molar-refractivity contribution >= 4 is 5.91 Å². The van der Waals surface area contributed by atoms with Crippen molar-refractivity contribution in [1.82, 2.24) is 10.5 Å². The summed E-state index contributed by atoms with van der Waals surface area (Å²) in [5.74, 6) is 1.48. The molecule has 0 aliphatic rings. The standard InChI is InChI=1S/C25H22N2O4/c1-29-22-13-12-20(14-24(22)30-2)25(28)26-16-21-15-23(31-27-21)19-10-8-18(9-11-19)17-6-4-3-5-7-17/h3-15H,16H2,1-2H3,(H,26,28). The Morgan fingerprint density at radius 2 is 1.52 bits per heavy atom. The highest BCUT2D eigenvalue weighted by atomic mass is 16.5. The van der Waals surface area contributed by atoms with E-state index in [9.17, 15) is 4.79 Å². The zero-order valence-corrected chi connectivity index (χ0v) is 17.3. The van der Waals surface area contributed by atoms with Gasteiger partial charge < -0.3 is 19.3 Å². The van der Waals surface area contributed by atoms with E-state index in [0.717, 1.165) is 16.7 Å². The Morgan fingerprint density at radius 1 is 0.839 bits per heavy atom. The number of hydrogen-bond donors (Lipinski definition) is 1. The number of aromatic nitrogens is 1. The van der Waals surface area contributed by atoms with Gasteiger partial charge in [0.2, 0.25) is 0 Å². The third kappa shape index (κ3) is 4.59. The Bertz CT molecular complexity index is 1170. The van der Waals surface area contributed by atoms with Gasteiger partial charge in [-0.25, -0.2) is 0 Å². The average Bonchev–Trinajstić information content (AvgIpc) is 3.32. The lowest BCUT2D eigenvalue weighted by molar-refractivity contribution is 0.0949. The molecular formula is C25H22N2O4. The molecule has 1 heterocycles. The molecule has 0 spiro atoms. The largest absolute Gasteiger partial charge is 0.493 e. The molecule has 6 nitrogen and oxygen atoms in total. The molecule has 31 heavy (non-hydrogen) atoms. The Hall–Kier alpha value is -4.06. The molecule has 0 unspecified atom stereocenters. The summed E-state index contributed by atoms with van der Waals surface area (Å²) in [6.07, 6.45) is 0. The van der Waals surface area contributed by atoms with Crippen molar-refractivity contribution < 1.29 is 18.8 Å². The van der Waals surface area contributed by atoms with Gasteiger partial charge in [0.05, 0.1) is 20.8 Å².